The molecule has 5 heteroatoms. The Morgan fingerprint density at radius 2 is 1.93 bits per heavy atom. The highest BCUT2D eigenvalue weighted by Gasteiger charge is 2.04. The van der Waals surface area contributed by atoms with Crippen molar-refractivity contribution in [3.8, 4) is 0 Å². The van der Waals surface area contributed by atoms with Gasteiger partial charge in [0.2, 0.25) is 0 Å². The predicted molar refractivity (Wildman–Crippen MR) is 64.6 cm³/mol. The lowest BCUT2D eigenvalue weighted by molar-refractivity contribution is 0.990. The molecule has 2 rings (SSSR count). The fourth-order valence-corrected chi connectivity index (χ4v) is 2.76. The van der Waals surface area contributed by atoms with Crippen molar-refractivity contribution in [1.29, 1.82) is 0 Å². The minimum atomic E-state index is 0.824. The molecule has 0 aliphatic rings. The quantitative estimate of drug-likeness (QED) is 0.838. The van der Waals surface area contributed by atoms with Crippen LogP contribution in [-0.2, 0) is 6.42 Å². The van der Waals surface area contributed by atoms with E-state index in [9.17, 15) is 0 Å². The van der Waals surface area contributed by atoms with Gasteiger partial charge in [-0.2, -0.15) is 0 Å². The molecule has 0 bridgehead atoms. The molecule has 2 aromatic rings. The Morgan fingerprint density at radius 1 is 1.14 bits per heavy atom. The van der Waals surface area contributed by atoms with E-state index in [1.165, 1.54) is 5.56 Å². The SMILES string of the molecule is Brc1nnc(Cc2ccccc2Br)s1. The Balaban J connectivity index is 2.23. The van der Waals surface area contributed by atoms with E-state index < -0.39 is 0 Å². The van der Waals surface area contributed by atoms with E-state index in [-0.39, 0.29) is 0 Å². The highest BCUT2D eigenvalue weighted by Crippen LogP contribution is 2.22. The van der Waals surface area contributed by atoms with Crippen molar-refractivity contribution in [3.63, 3.8) is 0 Å². The van der Waals surface area contributed by atoms with Crippen LogP contribution in [-0.4, -0.2) is 10.2 Å². The third-order valence-electron chi connectivity index (χ3n) is 1.74. The number of benzene rings is 1. The molecule has 1 aromatic heterocycles. The Kier molecular flexibility index (Phi) is 3.30. The lowest BCUT2D eigenvalue weighted by atomic mass is 10.2. The number of hydrogen-bond donors (Lipinski definition) is 0. The summed E-state index contributed by atoms with van der Waals surface area (Å²) in [5.41, 5.74) is 1.23. The van der Waals surface area contributed by atoms with Gasteiger partial charge in [0.05, 0.1) is 0 Å². The maximum Gasteiger partial charge on any atom is 0.183 e. The monoisotopic (exact) mass is 332 g/mol. The van der Waals surface area contributed by atoms with Crippen molar-refractivity contribution in [3.05, 3.63) is 43.2 Å². The average Bonchev–Trinajstić information content (AvgIpc) is 2.56. The highest BCUT2D eigenvalue weighted by atomic mass is 79.9. The second kappa shape index (κ2) is 4.51. The largest absolute Gasteiger partial charge is 0.183 e. The van der Waals surface area contributed by atoms with Crippen LogP contribution in [0.5, 0.6) is 0 Å². The van der Waals surface area contributed by atoms with Gasteiger partial charge in [0.15, 0.2) is 3.92 Å². The molecule has 0 atom stereocenters. The lowest BCUT2D eigenvalue weighted by Gasteiger charge is -1.99. The first-order chi connectivity index (χ1) is 6.75. The van der Waals surface area contributed by atoms with Gasteiger partial charge in [0.1, 0.15) is 5.01 Å². The van der Waals surface area contributed by atoms with Gasteiger partial charge in [0, 0.05) is 10.9 Å². The Labute approximate surface area is 103 Å². The molecular formula is C9H6Br2N2S. The van der Waals surface area contributed by atoms with Crippen molar-refractivity contribution >= 4 is 43.2 Å². The smallest absolute Gasteiger partial charge is 0.142 e. The molecule has 14 heavy (non-hydrogen) atoms. The zero-order valence-electron chi connectivity index (χ0n) is 7.08. The van der Waals surface area contributed by atoms with E-state index in [2.05, 4.69) is 48.1 Å². The second-order valence-corrected chi connectivity index (χ2v) is 5.91. The van der Waals surface area contributed by atoms with Crippen LogP contribution in [0.15, 0.2) is 32.7 Å². The van der Waals surface area contributed by atoms with Crippen LogP contribution >= 0.6 is 43.2 Å². The first-order valence-electron chi connectivity index (χ1n) is 3.97. The van der Waals surface area contributed by atoms with Gasteiger partial charge in [-0.3, -0.25) is 0 Å². The van der Waals surface area contributed by atoms with Crippen molar-refractivity contribution in [2.24, 2.45) is 0 Å². The van der Waals surface area contributed by atoms with E-state index in [0.717, 1.165) is 19.8 Å². The minimum absolute atomic E-state index is 0.824. The van der Waals surface area contributed by atoms with E-state index in [1.54, 1.807) is 11.3 Å². The van der Waals surface area contributed by atoms with Gasteiger partial charge < -0.3 is 0 Å². The second-order valence-electron chi connectivity index (χ2n) is 2.72. The van der Waals surface area contributed by atoms with Gasteiger partial charge in [-0.05, 0) is 27.6 Å². The molecule has 1 aromatic carbocycles. The van der Waals surface area contributed by atoms with Crippen molar-refractivity contribution in [1.82, 2.24) is 10.2 Å². The van der Waals surface area contributed by atoms with Crippen molar-refractivity contribution in [2.75, 3.05) is 0 Å². The average molecular weight is 334 g/mol. The van der Waals surface area contributed by atoms with Crippen LogP contribution in [0.25, 0.3) is 0 Å². The number of nitrogens with zero attached hydrogens (tertiary/aromatic N) is 2. The molecule has 0 N–H and O–H groups in total. The van der Waals surface area contributed by atoms with E-state index >= 15 is 0 Å². The molecule has 0 aliphatic heterocycles. The standard InChI is InChI=1S/C9H6Br2N2S/c10-7-4-2-1-3-6(7)5-8-12-13-9(11)14-8/h1-4H,5H2. The molecule has 72 valence electrons. The molecule has 0 unspecified atom stereocenters. The number of rotatable bonds is 2. The summed E-state index contributed by atoms with van der Waals surface area (Å²) in [6, 6.07) is 8.14. The molecule has 0 saturated carbocycles. The van der Waals surface area contributed by atoms with Crippen molar-refractivity contribution < 1.29 is 0 Å². The topological polar surface area (TPSA) is 25.8 Å². The molecule has 0 aliphatic carbocycles. The third-order valence-corrected chi connectivity index (χ3v) is 3.87. The summed E-state index contributed by atoms with van der Waals surface area (Å²) in [4.78, 5) is 0. The van der Waals surface area contributed by atoms with Gasteiger partial charge in [-0.1, -0.05) is 45.5 Å². The van der Waals surface area contributed by atoms with Crippen molar-refractivity contribution in [2.45, 2.75) is 6.42 Å². The number of hydrogen-bond acceptors (Lipinski definition) is 3. The molecular weight excluding hydrogens is 328 g/mol. The molecule has 0 amide bonds. The molecule has 0 saturated heterocycles. The molecule has 1 heterocycles. The predicted octanol–water partition coefficient (Wildman–Crippen LogP) is 3.65. The normalized spacial score (nSPS) is 10.4. The maximum absolute atomic E-state index is 4.05. The fourth-order valence-electron chi connectivity index (χ4n) is 1.11. The Bertz CT molecular complexity index is 442. The first kappa shape index (κ1) is 10.3. The minimum Gasteiger partial charge on any atom is -0.142 e. The molecule has 0 fully saturated rings. The zero-order chi connectivity index (χ0) is 9.97. The maximum atomic E-state index is 4.05. The number of halogens is 2. The van der Waals surface area contributed by atoms with Crippen LogP contribution in [0, 0.1) is 0 Å². The Morgan fingerprint density at radius 3 is 2.57 bits per heavy atom. The first-order valence-corrected chi connectivity index (χ1v) is 6.37. The van der Waals surface area contributed by atoms with Gasteiger partial charge >= 0.3 is 0 Å². The number of aromatic nitrogens is 2. The van der Waals surface area contributed by atoms with E-state index in [0.29, 0.717) is 0 Å². The van der Waals surface area contributed by atoms with Crippen LogP contribution in [0.4, 0.5) is 0 Å². The summed E-state index contributed by atoms with van der Waals surface area (Å²) in [5.74, 6) is 0. The Hall–Kier alpha value is -0.260. The summed E-state index contributed by atoms with van der Waals surface area (Å²) in [5, 5.41) is 8.98. The summed E-state index contributed by atoms with van der Waals surface area (Å²) in [6.07, 6.45) is 0.824. The van der Waals surface area contributed by atoms with E-state index in [4.69, 9.17) is 0 Å². The van der Waals surface area contributed by atoms with Gasteiger partial charge in [-0.25, -0.2) is 0 Å². The highest BCUT2D eigenvalue weighted by molar-refractivity contribution is 9.11. The molecule has 2 nitrogen and oxygen atoms in total. The van der Waals surface area contributed by atoms with Crippen LogP contribution in [0.1, 0.15) is 10.6 Å². The summed E-state index contributed by atoms with van der Waals surface area (Å²) < 4.78 is 1.95. The van der Waals surface area contributed by atoms with Crippen LogP contribution in [0.3, 0.4) is 0 Å². The zero-order valence-corrected chi connectivity index (χ0v) is 11.1. The van der Waals surface area contributed by atoms with Gasteiger partial charge in [-0.15, -0.1) is 10.2 Å². The third kappa shape index (κ3) is 2.40. The summed E-state index contributed by atoms with van der Waals surface area (Å²) in [7, 11) is 0. The fraction of sp³-hybridized carbons (Fsp3) is 0.111. The lowest BCUT2D eigenvalue weighted by Crippen LogP contribution is -1.88. The molecule has 0 radical (unpaired) electrons. The van der Waals surface area contributed by atoms with Crippen LogP contribution < -0.4 is 0 Å². The molecule has 0 spiro atoms. The summed E-state index contributed by atoms with van der Waals surface area (Å²) in [6.45, 7) is 0. The van der Waals surface area contributed by atoms with E-state index in [1.807, 2.05) is 18.2 Å². The van der Waals surface area contributed by atoms with Crippen LogP contribution in [0.2, 0.25) is 0 Å². The van der Waals surface area contributed by atoms with Gasteiger partial charge in [0.25, 0.3) is 0 Å². The summed E-state index contributed by atoms with van der Waals surface area (Å²) >= 11 is 8.37.